The van der Waals surface area contributed by atoms with E-state index < -0.39 is 74.5 Å². The predicted molar refractivity (Wildman–Crippen MR) is 142 cm³/mol. The standard InChI is InChI=1S/C33H17F9O/c1-16-3-6-19(7-4-16)20-9-17(2)23(24(34)13-20)8-5-18-10-26(36)30(27(37)11-18)33(41,42)43-22-12-21-14-28(38)31(39)32(40)29(21)25(35)15-22/h3-4,6-7,9-15H,1-2H3. The average molecular weight is 600 g/mol. The smallest absolute Gasteiger partial charge is 0.429 e. The Morgan fingerprint density at radius 1 is 0.605 bits per heavy atom. The fourth-order valence-electron chi connectivity index (χ4n) is 4.49. The molecule has 0 aliphatic rings. The minimum Gasteiger partial charge on any atom is -0.429 e. The van der Waals surface area contributed by atoms with Crippen LogP contribution >= 0.6 is 0 Å². The Hall–Kier alpha value is -4.91. The van der Waals surface area contributed by atoms with Gasteiger partial charge in [0.2, 0.25) is 0 Å². The number of alkyl halides is 2. The quantitative estimate of drug-likeness (QED) is 0.113. The SMILES string of the molecule is Cc1ccc(-c2cc(C)c(C#Cc3cc(F)c(C(F)(F)Oc4cc(F)c5c(F)c(F)c(F)cc5c4)c(F)c3)c(F)c2)cc1. The molecule has 1 nitrogen and oxygen atoms in total. The van der Waals surface area contributed by atoms with Gasteiger partial charge in [0.05, 0.1) is 10.9 Å². The molecule has 0 radical (unpaired) electrons. The first-order chi connectivity index (χ1) is 20.2. The Labute approximate surface area is 239 Å². The van der Waals surface area contributed by atoms with Crippen molar-refractivity contribution in [3.63, 3.8) is 0 Å². The van der Waals surface area contributed by atoms with Crippen LogP contribution < -0.4 is 4.74 Å². The topological polar surface area (TPSA) is 9.23 Å². The normalized spacial score (nSPS) is 11.4. The summed E-state index contributed by atoms with van der Waals surface area (Å²) < 4.78 is 134. The Bertz CT molecular complexity index is 1920. The van der Waals surface area contributed by atoms with Crippen molar-refractivity contribution >= 4 is 10.8 Å². The lowest BCUT2D eigenvalue weighted by Gasteiger charge is -2.20. The van der Waals surface area contributed by atoms with Crippen LogP contribution in [-0.4, -0.2) is 0 Å². The molecule has 5 aromatic carbocycles. The van der Waals surface area contributed by atoms with E-state index in [2.05, 4.69) is 16.6 Å². The second-order valence-electron chi connectivity index (χ2n) is 9.69. The van der Waals surface area contributed by atoms with Crippen LogP contribution in [-0.2, 0) is 6.11 Å². The molecule has 5 aromatic rings. The van der Waals surface area contributed by atoms with Gasteiger partial charge in [-0.2, -0.15) is 8.78 Å². The van der Waals surface area contributed by atoms with Crippen molar-refractivity contribution in [1.29, 1.82) is 0 Å². The zero-order valence-corrected chi connectivity index (χ0v) is 22.2. The minimum absolute atomic E-state index is 0.0690. The van der Waals surface area contributed by atoms with Crippen LogP contribution in [0.3, 0.4) is 0 Å². The maximum Gasteiger partial charge on any atom is 0.432 e. The molecule has 0 unspecified atom stereocenters. The molecule has 0 spiro atoms. The van der Waals surface area contributed by atoms with Gasteiger partial charge in [-0.3, -0.25) is 0 Å². The van der Waals surface area contributed by atoms with Crippen molar-refractivity contribution in [1.82, 2.24) is 0 Å². The van der Waals surface area contributed by atoms with E-state index in [4.69, 9.17) is 0 Å². The Kier molecular flexibility index (Phi) is 7.61. The first-order valence-electron chi connectivity index (χ1n) is 12.5. The fourth-order valence-corrected chi connectivity index (χ4v) is 4.49. The summed E-state index contributed by atoms with van der Waals surface area (Å²) in [5, 5.41) is -1.71. The molecule has 0 fully saturated rings. The number of ether oxygens (including phenoxy) is 1. The molecule has 0 amide bonds. The van der Waals surface area contributed by atoms with Gasteiger partial charge in [-0.25, -0.2) is 30.7 Å². The van der Waals surface area contributed by atoms with Gasteiger partial charge in [-0.15, -0.1) is 0 Å². The van der Waals surface area contributed by atoms with Gasteiger partial charge in [-0.1, -0.05) is 41.7 Å². The molecule has 0 N–H and O–H groups in total. The highest BCUT2D eigenvalue weighted by molar-refractivity contribution is 5.85. The van der Waals surface area contributed by atoms with Crippen LogP contribution in [0.4, 0.5) is 39.5 Å². The summed E-state index contributed by atoms with van der Waals surface area (Å²) in [5.41, 5.74) is 0.450. The number of rotatable bonds is 4. The van der Waals surface area contributed by atoms with E-state index in [1.54, 1.807) is 13.0 Å². The van der Waals surface area contributed by atoms with Crippen LogP contribution in [0, 0.1) is 66.4 Å². The van der Waals surface area contributed by atoms with Crippen molar-refractivity contribution < 1.29 is 44.3 Å². The lowest BCUT2D eigenvalue weighted by molar-refractivity contribution is -0.189. The number of aryl methyl sites for hydroxylation is 2. The lowest BCUT2D eigenvalue weighted by Crippen LogP contribution is -2.25. The molecule has 0 saturated heterocycles. The second-order valence-corrected chi connectivity index (χ2v) is 9.69. The van der Waals surface area contributed by atoms with Crippen LogP contribution in [0.15, 0.2) is 66.7 Å². The van der Waals surface area contributed by atoms with Gasteiger partial charge in [-0.05, 0) is 72.3 Å². The molecule has 0 bridgehead atoms. The monoisotopic (exact) mass is 600 g/mol. The lowest BCUT2D eigenvalue weighted by atomic mass is 9.98. The highest BCUT2D eigenvalue weighted by Gasteiger charge is 2.41. The number of benzene rings is 5. The summed E-state index contributed by atoms with van der Waals surface area (Å²) in [7, 11) is 0. The van der Waals surface area contributed by atoms with E-state index in [9.17, 15) is 39.5 Å². The van der Waals surface area contributed by atoms with Crippen LogP contribution in [0.25, 0.3) is 21.9 Å². The molecule has 218 valence electrons. The van der Waals surface area contributed by atoms with Crippen LogP contribution in [0.5, 0.6) is 5.75 Å². The number of fused-ring (bicyclic) bond motifs is 1. The van der Waals surface area contributed by atoms with Crippen molar-refractivity contribution in [3.8, 4) is 28.7 Å². The maximum absolute atomic E-state index is 14.9. The largest absolute Gasteiger partial charge is 0.432 e. The Balaban J connectivity index is 1.44. The van der Waals surface area contributed by atoms with E-state index in [1.807, 2.05) is 31.2 Å². The van der Waals surface area contributed by atoms with E-state index in [1.165, 1.54) is 6.07 Å². The van der Waals surface area contributed by atoms with E-state index in [0.29, 0.717) is 35.4 Å². The van der Waals surface area contributed by atoms with Crippen molar-refractivity contribution in [2.24, 2.45) is 0 Å². The van der Waals surface area contributed by atoms with E-state index >= 15 is 0 Å². The zero-order chi connectivity index (χ0) is 31.2. The molecular weight excluding hydrogens is 583 g/mol. The van der Waals surface area contributed by atoms with Gasteiger partial charge in [0.1, 0.15) is 34.6 Å². The molecule has 43 heavy (non-hydrogen) atoms. The molecule has 10 heteroatoms. The maximum atomic E-state index is 14.9. The third-order valence-electron chi connectivity index (χ3n) is 6.58. The predicted octanol–water partition coefficient (Wildman–Crippen LogP) is 9.63. The molecule has 0 saturated carbocycles. The Morgan fingerprint density at radius 3 is 1.88 bits per heavy atom. The average Bonchev–Trinajstić information content (AvgIpc) is 2.90. The van der Waals surface area contributed by atoms with Gasteiger partial charge < -0.3 is 4.74 Å². The molecule has 0 aliphatic carbocycles. The molecule has 0 aliphatic heterocycles. The van der Waals surface area contributed by atoms with Gasteiger partial charge in [0.25, 0.3) is 0 Å². The summed E-state index contributed by atoms with van der Waals surface area (Å²) in [5.74, 6) is -7.69. The second kappa shape index (κ2) is 11.1. The summed E-state index contributed by atoms with van der Waals surface area (Å²) in [6.07, 6.45) is -4.74. The molecule has 0 atom stereocenters. The van der Waals surface area contributed by atoms with E-state index in [-0.39, 0.29) is 11.6 Å². The van der Waals surface area contributed by atoms with Crippen molar-refractivity contribution in [2.75, 3.05) is 0 Å². The molecular formula is C33H17F9O. The highest BCUT2D eigenvalue weighted by atomic mass is 19.3. The summed E-state index contributed by atoms with van der Waals surface area (Å²) >= 11 is 0. The van der Waals surface area contributed by atoms with Crippen molar-refractivity contribution in [2.45, 2.75) is 20.0 Å². The molecule has 5 rings (SSSR count). The third-order valence-corrected chi connectivity index (χ3v) is 6.58. The summed E-state index contributed by atoms with van der Waals surface area (Å²) in [6, 6.07) is 12.4. The number of halogens is 9. The molecule has 0 heterocycles. The summed E-state index contributed by atoms with van der Waals surface area (Å²) in [4.78, 5) is 0. The van der Waals surface area contributed by atoms with Gasteiger partial charge in [0, 0.05) is 11.6 Å². The Morgan fingerprint density at radius 2 is 1.26 bits per heavy atom. The third kappa shape index (κ3) is 5.75. The number of hydrogen-bond acceptors (Lipinski definition) is 1. The minimum atomic E-state index is -4.74. The number of hydrogen-bond donors (Lipinski definition) is 0. The first kappa shape index (κ1) is 29.6. The zero-order valence-electron chi connectivity index (χ0n) is 22.2. The first-order valence-corrected chi connectivity index (χ1v) is 12.5. The van der Waals surface area contributed by atoms with Gasteiger partial charge >= 0.3 is 6.11 Å². The van der Waals surface area contributed by atoms with Crippen LogP contribution in [0.1, 0.15) is 27.8 Å². The summed E-state index contributed by atoms with van der Waals surface area (Å²) in [6.45, 7) is 3.49. The van der Waals surface area contributed by atoms with Crippen molar-refractivity contribution in [3.05, 3.63) is 135 Å². The van der Waals surface area contributed by atoms with E-state index in [0.717, 1.165) is 11.1 Å². The highest BCUT2D eigenvalue weighted by Crippen LogP contribution is 2.38. The fraction of sp³-hybridized carbons (Fsp3) is 0.0909. The molecule has 0 aromatic heterocycles. The van der Waals surface area contributed by atoms with Crippen LogP contribution in [0.2, 0.25) is 0 Å². The van der Waals surface area contributed by atoms with Gasteiger partial charge in [0.15, 0.2) is 17.5 Å².